The van der Waals surface area contributed by atoms with Crippen LogP contribution in [0.5, 0.6) is 0 Å². The Morgan fingerprint density at radius 3 is 2.63 bits per heavy atom. The van der Waals surface area contributed by atoms with E-state index in [9.17, 15) is 9.59 Å². The Labute approximate surface area is 164 Å². The molecule has 1 aromatic carbocycles. The molecule has 5 nitrogen and oxygen atoms in total. The second-order valence-corrected chi connectivity index (χ2v) is 8.30. The molecule has 2 unspecified atom stereocenters. The molecule has 0 saturated carbocycles. The molecule has 0 bridgehead atoms. The van der Waals surface area contributed by atoms with Crippen LogP contribution in [0.4, 0.5) is 5.69 Å². The zero-order chi connectivity index (χ0) is 19.2. The molecule has 1 aliphatic rings. The second-order valence-electron chi connectivity index (χ2n) is 7.35. The van der Waals surface area contributed by atoms with Gasteiger partial charge in [-0.2, -0.15) is 0 Å². The van der Waals surface area contributed by atoms with Crippen molar-refractivity contribution in [2.24, 2.45) is 11.8 Å². The predicted octanol–water partition coefficient (Wildman–Crippen LogP) is 3.15. The molecule has 0 aliphatic carbocycles. The standard InChI is InChI=1S/C21H27N3O2S/c1-15(2)19(23-20(25)18-9-6-12-27-18)21(26)22-13-16-10-11-24(14-16)17-7-4-3-5-8-17/h3-9,12,15-16,19H,10-11,13-14H2,1-2H3,(H,22,26)(H,23,25). The van der Waals surface area contributed by atoms with Crippen molar-refractivity contribution >= 4 is 28.8 Å². The molecule has 2 atom stereocenters. The lowest BCUT2D eigenvalue weighted by Crippen LogP contribution is -2.50. The fourth-order valence-corrected chi connectivity index (χ4v) is 4.01. The van der Waals surface area contributed by atoms with Crippen LogP contribution in [0, 0.1) is 11.8 Å². The minimum absolute atomic E-state index is 0.0262. The highest BCUT2D eigenvalue weighted by atomic mass is 32.1. The number of benzene rings is 1. The number of anilines is 1. The molecule has 2 amide bonds. The topological polar surface area (TPSA) is 61.4 Å². The molecule has 0 radical (unpaired) electrons. The summed E-state index contributed by atoms with van der Waals surface area (Å²) in [6, 6.07) is 13.4. The molecule has 2 aromatic rings. The molecule has 27 heavy (non-hydrogen) atoms. The first-order chi connectivity index (χ1) is 13.0. The fourth-order valence-electron chi connectivity index (χ4n) is 3.38. The maximum absolute atomic E-state index is 12.7. The highest BCUT2D eigenvalue weighted by Gasteiger charge is 2.27. The van der Waals surface area contributed by atoms with Gasteiger partial charge in [0.25, 0.3) is 5.91 Å². The molecular weight excluding hydrogens is 358 g/mol. The molecule has 2 heterocycles. The summed E-state index contributed by atoms with van der Waals surface area (Å²) >= 11 is 1.38. The number of carbonyl (C=O) groups is 2. The van der Waals surface area contributed by atoms with Crippen LogP contribution in [0.15, 0.2) is 47.8 Å². The maximum Gasteiger partial charge on any atom is 0.262 e. The van der Waals surface area contributed by atoms with E-state index < -0.39 is 6.04 Å². The summed E-state index contributed by atoms with van der Waals surface area (Å²) in [5, 5.41) is 7.79. The van der Waals surface area contributed by atoms with Gasteiger partial charge in [-0.15, -0.1) is 11.3 Å². The van der Waals surface area contributed by atoms with Gasteiger partial charge in [0, 0.05) is 25.3 Å². The number of rotatable bonds is 7. The van der Waals surface area contributed by atoms with Gasteiger partial charge in [-0.3, -0.25) is 9.59 Å². The van der Waals surface area contributed by atoms with E-state index in [0.717, 1.165) is 19.5 Å². The van der Waals surface area contributed by atoms with Crippen LogP contribution < -0.4 is 15.5 Å². The smallest absolute Gasteiger partial charge is 0.262 e. The number of carbonyl (C=O) groups excluding carboxylic acids is 2. The van der Waals surface area contributed by atoms with Crippen molar-refractivity contribution in [3.05, 3.63) is 52.7 Å². The van der Waals surface area contributed by atoms with Gasteiger partial charge >= 0.3 is 0 Å². The Hall–Kier alpha value is -2.34. The first kappa shape index (κ1) is 19.4. The van der Waals surface area contributed by atoms with E-state index in [1.165, 1.54) is 17.0 Å². The molecule has 2 N–H and O–H groups in total. The monoisotopic (exact) mass is 385 g/mol. The van der Waals surface area contributed by atoms with Crippen LogP contribution in [-0.4, -0.2) is 37.5 Å². The number of hydrogen-bond donors (Lipinski definition) is 2. The largest absolute Gasteiger partial charge is 0.371 e. The third-order valence-corrected chi connectivity index (χ3v) is 5.82. The summed E-state index contributed by atoms with van der Waals surface area (Å²) in [5.41, 5.74) is 1.23. The minimum atomic E-state index is -0.522. The summed E-state index contributed by atoms with van der Waals surface area (Å²) in [6.45, 7) is 6.49. The minimum Gasteiger partial charge on any atom is -0.371 e. The third-order valence-electron chi connectivity index (χ3n) is 4.95. The van der Waals surface area contributed by atoms with Crippen LogP contribution in [0.25, 0.3) is 0 Å². The number of thiophene rings is 1. The van der Waals surface area contributed by atoms with E-state index >= 15 is 0 Å². The Morgan fingerprint density at radius 1 is 1.19 bits per heavy atom. The van der Waals surface area contributed by atoms with E-state index in [4.69, 9.17) is 0 Å². The molecule has 1 fully saturated rings. The van der Waals surface area contributed by atoms with Gasteiger partial charge in [-0.05, 0) is 41.8 Å². The van der Waals surface area contributed by atoms with Gasteiger partial charge in [-0.25, -0.2) is 0 Å². The van der Waals surface area contributed by atoms with Crippen LogP contribution in [0.1, 0.15) is 29.9 Å². The summed E-state index contributed by atoms with van der Waals surface area (Å²) in [6.07, 6.45) is 1.06. The molecule has 1 saturated heterocycles. The Bertz CT molecular complexity index is 746. The first-order valence-electron chi connectivity index (χ1n) is 9.46. The molecule has 3 rings (SSSR count). The highest BCUT2D eigenvalue weighted by Crippen LogP contribution is 2.23. The zero-order valence-corrected chi connectivity index (χ0v) is 16.7. The average Bonchev–Trinajstić information content (AvgIpc) is 3.36. The van der Waals surface area contributed by atoms with Crippen LogP contribution in [0.2, 0.25) is 0 Å². The quantitative estimate of drug-likeness (QED) is 0.770. The second kappa shape index (κ2) is 9.04. The van der Waals surface area contributed by atoms with Crippen molar-refractivity contribution in [2.75, 3.05) is 24.5 Å². The van der Waals surface area contributed by atoms with Gasteiger partial charge in [0.05, 0.1) is 4.88 Å². The van der Waals surface area contributed by atoms with Crippen molar-refractivity contribution in [3.63, 3.8) is 0 Å². The molecule has 0 spiro atoms. The van der Waals surface area contributed by atoms with Crippen molar-refractivity contribution in [1.29, 1.82) is 0 Å². The number of nitrogens with zero attached hydrogens (tertiary/aromatic N) is 1. The third kappa shape index (κ3) is 5.10. The molecule has 1 aromatic heterocycles. The summed E-state index contributed by atoms with van der Waals surface area (Å²) < 4.78 is 0. The Kier molecular flexibility index (Phi) is 6.50. The van der Waals surface area contributed by atoms with Crippen molar-refractivity contribution in [3.8, 4) is 0 Å². The highest BCUT2D eigenvalue weighted by molar-refractivity contribution is 7.12. The van der Waals surface area contributed by atoms with Crippen molar-refractivity contribution in [1.82, 2.24) is 10.6 Å². The van der Waals surface area contributed by atoms with Gasteiger partial charge < -0.3 is 15.5 Å². The number of hydrogen-bond acceptors (Lipinski definition) is 4. The first-order valence-corrected chi connectivity index (χ1v) is 10.3. The SMILES string of the molecule is CC(C)C(NC(=O)c1cccs1)C(=O)NCC1CCN(c2ccccc2)C1. The van der Waals surface area contributed by atoms with Gasteiger partial charge in [0.2, 0.25) is 5.91 Å². The summed E-state index contributed by atoms with van der Waals surface area (Å²) in [4.78, 5) is 27.9. The molecule has 6 heteroatoms. The van der Waals surface area contributed by atoms with Crippen LogP contribution in [0.3, 0.4) is 0 Å². The van der Waals surface area contributed by atoms with Gasteiger partial charge in [-0.1, -0.05) is 38.1 Å². The van der Waals surface area contributed by atoms with E-state index in [1.807, 2.05) is 43.5 Å². The molecule has 144 valence electrons. The van der Waals surface area contributed by atoms with Crippen molar-refractivity contribution < 1.29 is 9.59 Å². The van der Waals surface area contributed by atoms with Crippen LogP contribution in [-0.2, 0) is 4.79 Å². The Morgan fingerprint density at radius 2 is 1.96 bits per heavy atom. The lowest BCUT2D eigenvalue weighted by molar-refractivity contribution is -0.124. The van der Waals surface area contributed by atoms with Crippen LogP contribution >= 0.6 is 11.3 Å². The number of nitrogens with one attached hydrogen (secondary N) is 2. The molecule has 1 aliphatic heterocycles. The summed E-state index contributed by atoms with van der Waals surface area (Å²) in [7, 11) is 0. The molecular formula is C21H27N3O2S. The van der Waals surface area contributed by atoms with E-state index in [-0.39, 0.29) is 17.7 Å². The van der Waals surface area contributed by atoms with Gasteiger partial charge in [0.1, 0.15) is 6.04 Å². The predicted molar refractivity (Wildman–Crippen MR) is 110 cm³/mol. The van der Waals surface area contributed by atoms with E-state index in [1.54, 1.807) is 6.07 Å². The average molecular weight is 386 g/mol. The lowest BCUT2D eigenvalue weighted by atomic mass is 10.0. The zero-order valence-electron chi connectivity index (χ0n) is 15.9. The summed E-state index contributed by atoms with van der Waals surface area (Å²) in [5.74, 6) is 0.163. The fraction of sp³-hybridized carbons (Fsp3) is 0.429. The maximum atomic E-state index is 12.7. The Balaban J connectivity index is 1.50. The van der Waals surface area contributed by atoms with E-state index in [0.29, 0.717) is 17.3 Å². The number of amides is 2. The number of para-hydroxylation sites is 1. The van der Waals surface area contributed by atoms with E-state index in [2.05, 4.69) is 27.7 Å². The lowest BCUT2D eigenvalue weighted by Gasteiger charge is -2.23. The van der Waals surface area contributed by atoms with Crippen molar-refractivity contribution in [2.45, 2.75) is 26.3 Å². The normalized spacial score (nSPS) is 17.7. The van der Waals surface area contributed by atoms with Gasteiger partial charge in [0.15, 0.2) is 0 Å².